The van der Waals surface area contributed by atoms with Crippen LogP contribution >= 0.6 is 0 Å². The zero-order valence-electron chi connectivity index (χ0n) is 10.7. The summed E-state index contributed by atoms with van der Waals surface area (Å²) in [6, 6.07) is 10.6. The Kier molecular flexibility index (Phi) is 4.21. The number of para-hydroxylation sites is 1. The van der Waals surface area contributed by atoms with E-state index < -0.39 is 0 Å². The molecule has 0 atom stereocenters. The van der Waals surface area contributed by atoms with Gasteiger partial charge in [-0.3, -0.25) is 0 Å². The van der Waals surface area contributed by atoms with E-state index in [1.54, 1.807) is 0 Å². The number of benzene rings is 1. The molecule has 0 fully saturated rings. The van der Waals surface area contributed by atoms with Crippen molar-refractivity contribution in [2.75, 3.05) is 13.2 Å². The minimum Gasteiger partial charge on any atom is -0.380 e. The molecule has 0 saturated carbocycles. The molecule has 92 valence electrons. The lowest BCUT2D eigenvalue weighted by Crippen LogP contribution is -2.07. The lowest BCUT2D eigenvalue weighted by Gasteiger charge is -2.08. The topological polar surface area (TPSA) is 14.2 Å². The second-order valence-corrected chi connectivity index (χ2v) is 4.86. The molecule has 0 unspecified atom stereocenters. The van der Waals surface area contributed by atoms with Crippen molar-refractivity contribution >= 4 is 10.9 Å². The van der Waals surface area contributed by atoms with Crippen molar-refractivity contribution in [1.29, 1.82) is 0 Å². The van der Waals surface area contributed by atoms with Crippen molar-refractivity contribution in [3.63, 3.8) is 0 Å². The van der Waals surface area contributed by atoms with Crippen LogP contribution in [0.1, 0.15) is 20.3 Å². The van der Waals surface area contributed by atoms with E-state index >= 15 is 0 Å². The predicted molar refractivity (Wildman–Crippen MR) is 72.2 cm³/mol. The first kappa shape index (κ1) is 12.2. The highest BCUT2D eigenvalue weighted by molar-refractivity contribution is 5.79. The first-order valence-electron chi connectivity index (χ1n) is 6.39. The predicted octanol–water partition coefficient (Wildman–Crippen LogP) is 3.70. The number of rotatable bonds is 6. The Morgan fingerprint density at radius 2 is 1.94 bits per heavy atom. The van der Waals surface area contributed by atoms with Gasteiger partial charge in [0.05, 0.1) is 6.61 Å². The van der Waals surface area contributed by atoms with E-state index in [2.05, 4.69) is 54.9 Å². The van der Waals surface area contributed by atoms with E-state index in [9.17, 15) is 0 Å². The van der Waals surface area contributed by atoms with Crippen molar-refractivity contribution in [3.8, 4) is 0 Å². The molecule has 0 amide bonds. The maximum Gasteiger partial charge on any atom is 0.0645 e. The van der Waals surface area contributed by atoms with Gasteiger partial charge in [-0.2, -0.15) is 0 Å². The summed E-state index contributed by atoms with van der Waals surface area (Å²) >= 11 is 0. The normalized spacial score (nSPS) is 11.5. The average Bonchev–Trinajstić information content (AvgIpc) is 2.72. The first-order valence-corrected chi connectivity index (χ1v) is 6.39. The van der Waals surface area contributed by atoms with Crippen molar-refractivity contribution < 1.29 is 4.74 Å². The summed E-state index contributed by atoms with van der Waals surface area (Å²) in [4.78, 5) is 0. The van der Waals surface area contributed by atoms with Crippen LogP contribution in [0, 0.1) is 5.92 Å². The highest BCUT2D eigenvalue weighted by Gasteiger charge is 1.99. The van der Waals surface area contributed by atoms with Crippen molar-refractivity contribution in [3.05, 3.63) is 36.5 Å². The van der Waals surface area contributed by atoms with Crippen LogP contribution in [0.5, 0.6) is 0 Å². The van der Waals surface area contributed by atoms with Gasteiger partial charge in [-0.15, -0.1) is 0 Å². The summed E-state index contributed by atoms with van der Waals surface area (Å²) in [6.07, 6.45) is 3.28. The maximum absolute atomic E-state index is 5.65. The van der Waals surface area contributed by atoms with Gasteiger partial charge in [0.25, 0.3) is 0 Å². The first-order chi connectivity index (χ1) is 8.27. The fourth-order valence-electron chi connectivity index (χ4n) is 1.92. The van der Waals surface area contributed by atoms with Gasteiger partial charge in [-0.25, -0.2) is 0 Å². The monoisotopic (exact) mass is 231 g/mol. The molecule has 0 aliphatic carbocycles. The molecule has 17 heavy (non-hydrogen) atoms. The summed E-state index contributed by atoms with van der Waals surface area (Å²) < 4.78 is 7.90. The van der Waals surface area contributed by atoms with Gasteiger partial charge < -0.3 is 9.30 Å². The lowest BCUT2D eigenvalue weighted by atomic mass is 10.1. The standard InChI is InChI=1S/C15H21NO/c1-13(2)8-11-17-12-10-16-9-7-14-5-3-4-6-15(14)16/h3-7,9,13H,8,10-12H2,1-2H3. The Morgan fingerprint density at radius 1 is 1.12 bits per heavy atom. The highest BCUT2D eigenvalue weighted by atomic mass is 16.5. The molecule has 1 heterocycles. The zero-order valence-corrected chi connectivity index (χ0v) is 10.7. The molecule has 1 aromatic carbocycles. The molecule has 2 nitrogen and oxygen atoms in total. The van der Waals surface area contributed by atoms with E-state index in [1.165, 1.54) is 10.9 Å². The van der Waals surface area contributed by atoms with E-state index in [1.807, 2.05) is 0 Å². The quantitative estimate of drug-likeness (QED) is 0.691. The molecular formula is C15H21NO. The second-order valence-electron chi connectivity index (χ2n) is 4.86. The van der Waals surface area contributed by atoms with Gasteiger partial charge in [0.1, 0.15) is 0 Å². The third-order valence-corrected chi connectivity index (χ3v) is 3.00. The summed E-state index contributed by atoms with van der Waals surface area (Å²) in [5.41, 5.74) is 1.29. The van der Waals surface area contributed by atoms with Gasteiger partial charge in [0, 0.05) is 24.9 Å². The minimum atomic E-state index is 0.724. The highest BCUT2D eigenvalue weighted by Crippen LogP contribution is 2.14. The van der Waals surface area contributed by atoms with Crippen molar-refractivity contribution in [1.82, 2.24) is 4.57 Å². The molecule has 0 spiro atoms. The van der Waals surface area contributed by atoms with Crippen molar-refractivity contribution in [2.24, 2.45) is 5.92 Å². The number of ether oxygens (including phenoxy) is 1. The number of aromatic nitrogens is 1. The largest absolute Gasteiger partial charge is 0.380 e. The van der Waals surface area contributed by atoms with Crippen LogP contribution in [0.2, 0.25) is 0 Å². The second kappa shape index (κ2) is 5.87. The Morgan fingerprint density at radius 3 is 2.76 bits per heavy atom. The van der Waals surface area contributed by atoms with Crippen LogP contribution in [0.4, 0.5) is 0 Å². The number of hydrogen-bond donors (Lipinski definition) is 0. The summed E-state index contributed by atoms with van der Waals surface area (Å²) in [6.45, 7) is 7.06. The molecule has 0 aliphatic heterocycles. The van der Waals surface area contributed by atoms with Crippen molar-refractivity contribution in [2.45, 2.75) is 26.8 Å². The fourth-order valence-corrected chi connectivity index (χ4v) is 1.92. The molecule has 0 aliphatic rings. The molecule has 0 saturated heterocycles. The number of hydrogen-bond acceptors (Lipinski definition) is 1. The van der Waals surface area contributed by atoms with E-state index in [4.69, 9.17) is 4.74 Å². The summed E-state index contributed by atoms with van der Waals surface area (Å²) in [7, 11) is 0. The van der Waals surface area contributed by atoms with Crippen LogP contribution in [-0.2, 0) is 11.3 Å². The Labute approximate surface area is 103 Å². The minimum absolute atomic E-state index is 0.724. The number of nitrogens with zero attached hydrogens (tertiary/aromatic N) is 1. The van der Waals surface area contributed by atoms with E-state index in [0.717, 1.165) is 32.1 Å². The Bertz CT molecular complexity index is 459. The van der Waals surface area contributed by atoms with Crippen LogP contribution in [0.25, 0.3) is 10.9 Å². The van der Waals surface area contributed by atoms with Gasteiger partial charge in [0.15, 0.2) is 0 Å². The molecule has 0 radical (unpaired) electrons. The molecule has 2 aromatic rings. The molecule has 2 rings (SSSR count). The van der Waals surface area contributed by atoms with Gasteiger partial charge in [-0.1, -0.05) is 32.0 Å². The Balaban J connectivity index is 1.83. The third kappa shape index (κ3) is 3.34. The van der Waals surface area contributed by atoms with Crippen LogP contribution in [0.3, 0.4) is 0 Å². The van der Waals surface area contributed by atoms with E-state index in [0.29, 0.717) is 0 Å². The number of fused-ring (bicyclic) bond motifs is 1. The molecule has 1 aromatic heterocycles. The fraction of sp³-hybridized carbons (Fsp3) is 0.467. The zero-order chi connectivity index (χ0) is 12.1. The van der Waals surface area contributed by atoms with Gasteiger partial charge in [-0.05, 0) is 29.9 Å². The van der Waals surface area contributed by atoms with Gasteiger partial charge >= 0.3 is 0 Å². The average molecular weight is 231 g/mol. The SMILES string of the molecule is CC(C)CCOCCn1ccc2ccccc21. The lowest BCUT2D eigenvalue weighted by molar-refractivity contribution is 0.117. The maximum atomic E-state index is 5.65. The van der Waals surface area contributed by atoms with Gasteiger partial charge in [0.2, 0.25) is 0 Å². The van der Waals surface area contributed by atoms with Crippen LogP contribution < -0.4 is 0 Å². The smallest absolute Gasteiger partial charge is 0.0645 e. The molecule has 2 heteroatoms. The third-order valence-electron chi connectivity index (χ3n) is 3.00. The molecular weight excluding hydrogens is 210 g/mol. The summed E-state index contributed by atoms with van der Waals surface area (Å²) in [5.74, 6) is 0.724. The van der Waals surface area contributed by atoms with Crippen LogP contribution in [-0.4, -0.2) is 17.8 Å². The van der Waals surface area contributed by atoms with Crippen LogP contribution in [0.15, 0.2) is 36.5 Å². The van der Waals surface area contributed by atoms with E-state index in [-0.39, 0.29) is 0 Å². The summed E-state index contributed by atoms with van der Waals surface area (Å²) in [5, 5.41) is 1.30. The molecule has 0 N–H and O–H groups in total. The molecule has 0 bridgehead atoms. The Hall–Kier alpha value is -1.28.